The van der Waals surface area contributed by atoms with E-state index in [1.165, 1.54) is 11.1 Å². The van der Waals surface area contributed by atoms with Gasteiger partial charge in [0, 0.05) is 19.6 Å². The number of benzene rings is 2. The molecular formula is C21H27ClN2O2S. The van der Waals surface area contributed by atoms with E-state index in [0.29, 0.717) is 11.4 Å². The van der Waals surface area contributed by atoms with Gasteiger partial charge in [0.15, 0.2) is 0 Å². The van der Waals surface area contributed by atoms with Crippen molar-refractivity contribution in [1.29, 1.82) is 0 Å². The molecule has 4 nitrogen and oxygen atoms in total. The third-order valence-electron chi connectivity index (χ3n) is 4.88. The molecule has 0 atom stereocenters. The highest BCUT2D eigenvalue weighted by Crippen LogP contribution is 2.15. The second-order valence-electron chi connectivity index (χ2n) is 6.63. The predicted molar refractivity (Wildman–Crippen MR) is 114 cm³/mol. The summed E-state index contributed by atoms with van der Waals surface area (Å²) in [6.45, 7) is 7.11. The molecule has 6 heteroatoms. The minimum absolute atomic E-state index is 0. The second kappa shape index (κ2) is 10.0. The molecule has 0 fully saturated rings. The summed E-state index contributed by atoms with van der Waals surface area (Å²) in [5, 5.41) is 0. The van der Waals surface area contributed by atoms with Gasteiger partial charge in [-0.2, -0.15) is 0 Å². The number of nitrogens with one attached hydrogen (secondary N) is 1. The van der Waals surface area contributed by atoms with Crippen LogP contribution in [0.25, 0.3) is 6.08 Å². The molecule has 0 radical (unpaired) electrons. The van der Waals surface area contributed by atoms with Crippen LogP contribution in [0.1, 0.15) is 23.1 Å². The van der Waals surface area contributed by atoms with Crippen molar-refractivity contribution >= 4 is 28.5 Å². The van der Waals surface area contributed by atoms with E-state index in [1.807, 2.05) is 0 Å². The van der Waals surface area contributed by atoms with Gasteiger partial charge in [-0.05, 0) is 54.6 Å². The summed E-state index contributed by atoms with van der Waals surface area (Å²) in [6.07, 6.45) is 4.64. The molecule has 0 bridgehead atoms. The summed E-state index contributed by atoms with van der Waals surface area (Å²) in [5.41, 5.74) is 3.79. The molecule has 0 aromatic heterocycles. The lowest BCUT2D eigenvalue weighted by atomic mass is 10.0. The van der Waals surface area contributed by atoms with Crippen LogP contribution in [-0.4, -0.2) is 39.5 Å². The van der Waals surface area contributed by atoms with Gasteiger partial charge in [0.25, 0.3) is 0 Å². The first-order valence-electron chi connectivity index (χ1n) is 9.10. The zero-order valence-corrected chi connectivity index (χ0v) is 17.1. The number of sulfonamides is 1. The van der Waals surface area contributed by atoms with Gasteiger partial charge in [-0.1, -0.05) is 49.1 Å². The molecule has 0 saturated heterocycles. The van der Waals surface area contributed by atoms with E-state index >= 15 is 0 Å². The van der Waals surface area contributed by atoms with Gasteiger partial charge in [0.2, 0.25) is 10.0 Å². The lowest BCUT2D eigenvalue weighted by Crippen LogP contribution is -2.31. The van der Waals surface area contributed by atoms with Crippen LogP contribution < -0.4 is 4.72 Å². The summed E-state index contributed by atoms with van der Waals surface area (Å²) in [7, 11) is -3.44. The lowest BCUT2D eigenvalue weighted by molar-refractivity contribution is 0.284. The summed E-state index contributed by atoms with van der Waals surface area (Å²) in [5.74, 6) is 0. The van der Waals surface area contributed by atoms with Crippen molar-refractivity contribution < 1.29 is 8.42 Å². The fourth-order valence-corrected chi connectivity index (χ4v) is 4.39. The molecule has 27 heavy (non-hydrogen) atoms. The molecular weight excluding hydrogens is 380 g/mol. The molecule has 0 saturated carbocycles. The largest absolute Gasteiger partial charge is 0.303 e. The van der Waals surface area contributed by atoms with E-state index in [1.54, 1.807) is 30.3 Å². The number of rotatable bonds is 7. The Kier molecular flexibility index (Phi) is 8.05. The van der Waals surface area contributed by atoms with Gasteiger partial charge in [-0.25, -0.2) is 13.1 Å². The smallest absolute Gasteiger partial charge is 0.240 e. The molecule has 2 aromatic rings. The molecule has 1 aliphatic heterocycles. The number of hydrogen-bond acceptors (Lipinski definition) is 3. The summed E-state index contributed by atoms with van der Waals surface area (Å²) in [6, 6.07) is 15.4. The lowest BCUT2D eigenvalue weighted by Gasteiger charge is -2.19. The van der Waals surface area contributed by atoms with E-state index in [0.717, 1.165) is 44.5 Å². The van der Waals surface area contributed by atoms with Crippen LogP contribution in [-0.2, 0) is 22.9 Å². The van der Waals surface area contributed by atoms with Gasteiger partial charge >= 0.3 is 0 Å². The predicted octanol–water partition coefficient (Wildman–Crippen LogP) is 3.52. The van der Waals surface area contributed by atoms with Crippen molar-refractivity contribution in [2.24, 2.45) is 0 Å². The van der Waals surface area contributed by atoms with Crippen LogP contribution >= 0.6 is 12.4 Å². The van der Waals surface area contributed by atoms with Gasteiger partial charge in [0.05, 0.1) is 4.90 Å². The Morgan fingerprint density at radius 1 is 1.00 bits per heavy atom. The maximum atomic E-state index is 12.3. The van der Waals surface area contributed by atoms with E-state index < -0.39 is 10.0 Å². The Bertz CT molecular complexity index is 824. The third-order valence-corrected chi connectivity index (χ3v) is 6.36. The minimum atomic E-state index is -3.44. The van der Waals surface area contributed by atoms with Gasteiger partial charge in [-0.3, -0.25) is 0 Å². The SMILES string of the molecule is C=Cc1ccc(S(=O)(=O)NCCCN2CCc3ccccc3CC2)cc1.Cl. The maximum Gasteiger partial charge on any atom is 0.240 e. The summed E-state index contributed by atoms with van der Waals surface area (Å²) < 4.78 is 27.4. The van der Waals surface area contributed by atoms with Crippen LogP contribution in [0.3, 0.4) is 0 Å². The number of nitrogens with zero attached hydrogens (tertiary/aromatic N) is 1. The number of fused-ring (bicyclic) bond motifs is 1. The van der Waals surface area contributed by atoms with Gasteiger partial charge < -0.3 is 4.90 Å². The fraction of sp³-hybridized carbons (Fsp3) is 0.333. The molecule has 3 rings (SSSR count). The van der Waals surface area contributed by atoms with Crippen molar-refractivity contribution in [3.05, 3.63) is 71.8 Å². The Balaban J connectivity index is 0.00000261. The monoisotopic (exact) mass is 406 g/mol. The third kappa shape index (κ3) is 5.91. The Hall–Kier alpha value is -1.66. The first-order valence-corrected chi connectivity index (χ1v) is 10.6. The van der Waals surface area contributed by atoms with E-state index in [-0.39, 0.29) is 12.4 Å². The molecule has 0 amide bonds. The van der Waals surface area contributed by atoms with E-state index in [9.17, 15) is 8.42 Å². The van der Waals surface area contributed by atoms with E-state index in [2.05, 4.69) is 40.5 Å². The second-order valence-corrected chi connectivity index (χ2v) is 8.40. The van der Waals surface area contributed by atoms with Crippen molar-refractivity contribution in [1.82, 2.24) is 9.62 Å². The van der Waals surface area contributed by atoms with Crippen LogP contribution in [0.4, 0.5) is 0 Å². The molecule has 1 N–H and O–H groups in total. The highest BCUT2D eigenvalue weighted by atomic mass is 35.5. The van der Waals surface area contributed by atoms with Gasteiger partial charge in [-0.15, -0.1) is 12.4 Å². The van der Waals surface area contributed by atoms with Crippen LogP contribution in [0, 0.1) is 0 Å². The van der Waals surface area contributed by atoms with Crippen molar-refractivity contribution in [2.75, 3.05) is 26.2 Å². The normalized spacial score (nSPS) is 14.7. The van der Waals surface area contributed by atoms with Gasteiger partial charge in [0.1, 0.15) is 0 Å². The molecule has 0 aliphatic carbocycles. The zero-order chi connectivity index (χ0) is 18.4. The van der Waals surface area contributed by atoms with Crippen molar-refractivity contribution in [3.8, 4) is 0 Å². The first kappa shape index (κ1) is 21.6. The first-order chi connectivity index (χ1) is 12.6. The van der Waals surface area contributed by atoms with Crippen LogP contribution in [0.2, 0.25) is 0 Å². The Morgan fingerprint density at radius 2 is 1.59 bits per heavy atom. The molecule has 0 spiro atoms. The molecule has 2 aromatic carbocycles. The molecule has 1 aliphatic rings. The quantitative estimate of drug-likeness (QED) is 0.715. The highest BCUT2D eigenvalue weighted by molar-refractivity contribution is 7.89. The standard InChI is InChI=1S/C21H26N2O2S.ClH/c1-2-18-8-10-21(11-9-18)26(24,25)22-14-5-15-23-16-12-19-6-3-4-7-20(19)13-17-23;/h2-4,6-11,22H,1,5,12-17H2;1H. The minimum Gasteiger partial charge on any atom is -0.303 e. The fourth-order valence-electron chi connectivity index (χ4n) is 3.31. The summed E-state index contributed by atoms with van der Waals surface area (Å²) >= 11 is 0. The highest BCUT2D eigenvalue weighted by Gasteiger charge is 2.15. The number of hydrogen-bond donors (Lipinski definition) is 1. The van der Waals surface area contributed by atoms with Crippen molar-refractivity contribution in [2.45, 2.75) is 24.2 Å². The average Bonchev–Trinajstić information content (AvgIpc) is 2.88. The Labute approximate surface area is 168 Å². The molecule has 1 heterocycles. The zero-order valence-electron chi connectivity index (χ0n) is 15.4. The van der Waals surface area contributed by atoms with Crippen molar-refractivity contribution in [3.63, 3.8) is 0 Å². The van der Waals surface area contributed by atoms with E-state index in [4.69, 9.17) is 0 Å². The Morgan fingerprint density at radius 3 is 2.15 bits per heavy atom. The summed E-state index contributed by atoms with van der Waals surface area (Å²) in [4.78, 5) is 2.72. The van der Waals surface area contributed by atoms with Crippen LogP contribution in [0.5, 0.6) is 0 Å². The average molecular weight is 407 g/mol. The molecule has 0 unspecified atom stereocenters. The topological polar surface area (TPSA) is 49.4 Å². The maximum absolute atomic E-state index is 12.3. The van der Waals surface area contributed by atoms with Crippen LogP contribution in [0.15, 0.2) is 60.0 Å². The number of halogens is 1. The molecule has 146 valence electrons.